The van der Waals surface area contributed by atoms with Gasteiger partial charge < -0.3 is 0 Å². The van der Waals surface area contributed by atoms with Gasteiger partial charge in [0.25, 0.3) is 0 Å². The highest BCUT2D eigenvalue weighted by atomic mass is 32.2. The molecule has 0 aliphatic heterocycles. The monoisotopic (exact) mass is 506 g/mol. The Hall–Kier alpha value is -1.02. The van der Waals surface area contributed by atoms with Gasteiger partial charge in [-0.3, -0.25) is 4.79 Å². The van der Waals surface area contributed by atoms with Crippen LogP contribution in [0.15, 0.2) is 42.0 Å². The molecule has 0 saturated heterocycles. The molecule has 198 valence electrons. The largest absolute Gasteiger partial charge is 0.282 e. The molecule has 0 bridgehead atoms. The third-order valence-electron chi connectivity index (χ3n) is 11.5. The highest BCUT2D eigenvalue weighted by Crippen LogP contribution is 2.67. The van der Waals surface area contributed by atoms with Gasteiger partial charge in [-0.1, -0.05) is 108 Å². The number of thioether (sulfide) groups is 1. The number of allylic oxidation sites excluding steroid dienone is 2. The first-order valence-electron chi connectivity index (χ1n) is 15.2. The second-order valence-corrected chi connectivity index (χ2v) is 15.2. The summed E-state index contributed by atoms with van der Waals surface area (Å²) in [5.74, 6) is 5.34. The van der Waals surface area contributed by atoms with Crippen molar-refractivity contribution in [2.24, 2.45) is 46.3 Å². The lowest BCUT2D eigenvalue weighted by atomic mass is 9.47. The van der Waals surface area contributed by atoms with Gasteiger partial charge in [0.05, 0.1) is 0 Å². The quantitative estimate of drug-likeness (QED) is 0.342. The smallest absolute Gasteiger partial charge is 0.219 e. The molecule has 0 amide bonds. The van der Waals surface area contributed by atoms with Gasteiger partial charge in [0.15, 0.2) is 0 Å². The zero-order valence-corrected chi connectivity index (χ0v) is 24.4. The maximum Gasteiger partial charge on any atom is 0.219 e. The molecule has 4 aliphatic carbocycles. The van der Waals surface area contributed by atoms with Gasteiger partial charge in [-0.15, -0.1) is 0 Å². The first kappa shape index (κ1) is 26.6. The van der Waals surface area contributed by atoms with E-state index in [-0.39, 0.29) is 5.12 Å². The second-order valence-electron chi connectivity index (χ2n) is 13.9. The fourth-order valence-electron chi connectivity index (χ4n) is 9.55. The standard InChI is InChI=1S/C34H50OS/c1-23(2)10-9-11-24(3)29-16-17-30-28-15-14-26-22-27(36-32(35)25-12-7-6-8-13-25)18-20-33(26,4)31(28)19-21-34(29,30)5/h6-8,12-14,23-24,27-31H,9-11,15-22H2,1-5H3/t24-,27-,28+,29-,30+,31+,33-,34-/m0/s1. The lowest BCUT2D eigenvalue weighted by Gasteiger charge is -2.58. The minimum Gasteiger partial charge on any atom is -0.282 e. The fraction of sp³-hybridized carbons (Fsp3) is 0.735. The molecule has 4 aliphatic rings. The average Bonchev–Trinajstić information content (AvgIpc) is 3.22. The molecule has 0 spiro atoms. The van der Waals surface area contributed by atoms with Gasteiger partial charge in [0.2, 0.25) is 5.12 Å². The Bertz CT molecular complexity index is 949. The summed E-state index contributed by atoms with van der Waals surface area (Å²) in [4.78, 5) is 12.9. The fourth-order valence-corrected chi connectivity index (χ4v) is 10.6. The Morgan fingerprint density at radius 1 is 0.972 bits per heavy atom. The summed E-state index contributed by atoms with van der Waals surface area (Å²) in [5.41, 5.74) is 3.50. The van der Waals surface area contributed by atoms with E-state index in [1.807, 2.05) is 30.3 Å². The Morgan fingerprint density at radius 2 is 1.75 bits per heavy atom. The van der Waals surface area contributed by atoms with Crippen molar-refractivity contribution in [3.05, 3.63) is 47.5 Å². The molecule has 1 nitrogen and oxygen atoms in total. The van der Waals surface area contributed by atoms with Crippen LogP contribution in [0, 0.1) is 46.3 Å². The van der Waals surface area contributed by atoms with Gasteiger partial charge in [-0.05, 0) is 97.7 Å². The second kappa shape index (κ2) is 10.6. The van der Waals surface area contributed by atoms with Crippen LogP contribution in [-0.2, 0) is 0 Å². The normalized spacial score (nSPS) is 38.6. The SMILES string of the molecule is CC(C)CCC[C@H](C)[C@@H]1CC[C@@H]2[C@H]3CC=C4C[C@@H](SC(=O)c5ccccc5)CC[C@]4(C)[C@@H]3CC[C@]21C. The Labute approximate surface area is 225 Å². The zero-order chi connectivity index (χ0) is 25.5. The summed E-state index contributed by atoms with van der Waals surface area (Å²) in [6, 6.07) is 9.88. The Kier molecular flexibility index (Phi) is 7.85. The van der Waals surface area contributed by atoms with Crippen molar-refractivity contribution < 1.29 is 4.79 Å². The van der Waals surface area contributed by atoms with E-state index in [4.69, 9.17) is 0 Å². The number of carbonyl (C=O) groups excluding carboxylic acids is 1. The van der Waals surface area contributed by atoms with E-state index >= 15 is 0 Å². The van der Waals surface area contributed by atoms with Crippen molar-refractivity contribution in [2.45, 2.75) is 110 Å². The Morgan fingerprint density at radius 3 is 2.50 bits per heavy atom. The van der Waals surface area contributed by atoms with Crippen molar-refractivity contribution in [2.75, 3.05) is 0 Å². The first-order chi connectivity index (χ1) is 17.2. The van der Waals surface area contributed by atoms with E-state index in [0.717, 1.165) is 47.5 Å². The number of benzene rings is 1. The van der Waals surface area contributed by atoms with Crippen molar-refractivity contribution in [3.8, 4) is 0 Å². The maximum absolute atomic E-state index is 12.9. The van der Waals surface area contributed by atoms with Gasteiger partial charge in [-0.2, -0.15) is 0 Å². The van der Waals surface area contributed by atoms with Crippen LogP contribution < -0.4 is 0 Å². The van der Waals surface area contributed by atoms with Crippen LogP contribution in [0.25, 0.3) is 0 Å². The molecule has 36 heavy (non-hydrogen) atoms. The van der Waals surface area contributed by atoms with E-state index in [2.05, 4.69) is 40.7 Å². The van der Waals surface area contributed by atoms with Gasteiger partial charge in [-0.25, -0.2) is 0 Å². The van der Waals surface area contributed by atoms with Crippen LogP contribution in [0.2, 0.25) is 0 Å². The molecule has 0 heterocycles. The van der Waals surface area contributed by atoms with E-state index in [1.165, 1.54) is 64.2 Å². The Balaban J connectivity index is 1.25. The maximum atomic E-state index is 12.9. The molecule has 1 aromatic rings. The van der Waals surface area contributed by atoms with E-state index in [9.17, 15) is 4.79 Å². The molecule has 2 heteroatoms. The minimum atomic E-state index is 0.256. The molecular formula is C34H50OS. The van der Waals surface area contributed by atoms with Crippen molar-refractivity contribution in [1.29, 1.82) is 0 Å². The predicted octanol–water partition coefficient (Wildman–Crippen LogP) is 9.97. The third-order valence-corrected chi connectivity index (χ3v) is 12.7. The van der Waals surface area contributed by atoms with Crippen molar-refractivity contribution in [1.82, 2.24) is 0 Å². The van der Waals surface area contributed by atoms with E-state index < -0.39 is 0 Å². The molecule has 0 aromatic heterocycles. The number of rotatable bonds is 7. The molecule has 5 rings (SSSR count). The highest BCUT2D eigenvalue weighted by molar-refractivity contribution is 8.14. The van der Waals surface area contributed by atoms with Gasteiger partial charge >= 0.3 is 0 Å². The van der Waals surface area contributed by atoms with Crippen LogP contribution in [-0.4, -0.2) is 10.4 Å². The van der Waals surface area contributed by atoms with Crippen LogP contribution in [0.4, 0.5) is 0 Å². The molecule has 0 unspecified atom stereocenters. The van der Waals surface area contributed by atoms with Crippen LogP contribution in [0.5, 0.6) is 0 Å². The molecule has 3 fully saturated rings. The van der Waals surface area contributed by atoms with Crippen LogP contribution in [0.3, 0.4) is 0 Å². The minimum absolute atomic E-state index is 0.256. The number of carbonyl (C=O) groups is 1. The van der Waals surface area contributed by atoms with Gasteiger partial charge in [0.1, 0.15) is 0 Å². The third kappa shape index (κ3) is 4.90. The molecule has 0 radical (unpaired) electrons. The predicted molar refractivity (Wildman–Crippen MR) is 155 cm³/mol. The first-order valence-corrected chi connectivity index (χ1v) is 16.1. The molecule has 0 N–H and O–H groups in total. The van der Waals surface area contributed by atoms with Crippen LogP contribution in [0.1, 0.15) is 116 Å². The average molecular weight is 507 g/mol. The summed E-state index contributed by atoms with van der Waals surface area (Å²) >= 11 is 1.60. The van der Waals surface area contributed by atoms with E-state index in [0.29, 0.717) is 16.1 Å². The number of hydrogen-bond donors (Lipinski definition) is 0. The molecule has 8 atom stereocenters. The molecule has 3 saturated carbocycles. The summed E-state index contributed by atoms with van der Waals surface area (Å²) < 4.78 is 0. The lowest BCUT2D eigenvalue weighted by molar-refractivity contribution is -0.0497. The number of fused-ring (bicyclic) bond motifs is 5. The van der Waals surface area contributed by atoms with Crippen molar-refractivity contribution >= 4 is 16.9 Å². The van der Waals surface area contributed by atoms with Gasteiger partial charge in [0, 0.05) is 10.8 Å². The summed E-state index contributed by atoms with van der Waals surface area (Å²) in [7, 11) is 0. The van der Waals surface area contributed by atoms with Crippen LogP contribution >= 0.6 is 11.8 Å². The van der Waals surface area contributed by atoms with Crippen molar-refractivity contribution in [3.63, 3.8) is 0 Å². The molecular weight excluding hydrogens is 456 g/mol. The molecule has 1 aromatic carbocycles. The highest BCUT2D eigenvalue weighted by Gasteiger charge is 2.59. The lowest BCUT2D eigenvalue weighted by Crippen LogP contribution is -2.50. The summed E-state index contributed by atoms with van der Waals surface area (Å²) in [6.07, 6.45) is 17.6. The summed E-state index contributed by atoms with van der Waals surface area (Å²) in [6.45, 7) is 12.6. The zero-order valence-electron chi connectivity index (χ0n) is 23.6. The number of hydrogen-bond acceptors (Lipinski definition) is 2. The summed E-state index contributed by atoms with van der Waals surface area (Å²) in [5, 5.41) is 0.705. The van der Waals surface area contributed by atoms with E-state index in [1.54, 1.807) is 17.3 Å². The topological polar surface area (TPSA) is 17.1 Å².